The lowest BCUT2D eigenvalue weighted by molar-refractivity contribution is 0.268. The molecular weight excluding hydrogens is 318 g/mol. The van der Waals surface area contributed by atoms with Crippen LogP contribution in [0.25, 0.3) is 0 Å². The number of rotatable bonds is 5. The molecule has 3 rings (SSSR count). The van der Waals surface area contributed by atoms with Crippen LogP contribution in [0.5, 0.6) is 5.75 Å². The fourth-order valence-electron chi connectivity index (χ4n) is 2.57. The second-order valence-electron chi connectivity index (χ2n) is 5.39. The van der Waals surface area contributed by atoms with E-state index in [4.69, 9.17) is 4.74 Å². The molecular formula is C16H18F2N4O2. The zero-order valence-corrected chi connectivity index (χ0v) is 13.0. The molecule has 0 radical (unpaired) electrons. The van der Waals surface area contributed by atoms with Gasteiger partial charge in [-0.3, -0.25) is 4.79 Å². The third-order valence-corrected chi connectivity index (χ3v) is 3.81. The number of para-hydroxylation sites is 1. The summed E-state index contributed by atoms with van der Waals surface area (Å²) in [7, 11) is 0. The van der Waals surface area contributed by atoms with Gasteiger partial charge < -0.3 is 19.5 Å². The van der Waals surface area contributed by atoms with Crippen molar-refractivity contribution in [1.29, 1.82) is 0 Å². The first kappa shape index (κ1) is 16.4. The van der Waals surface area contributed by atoms with E-state index < -0.39 is 17.4 Å². The Morgan fingerprint density at radius 2 is 1.92 bits per heavy atom. The maximum Gasteiger partial charge on any atom is 0.293 e. The zero-order valence-electron chi connectivity index (χ0n) is 13.0. The van der Waals surface area contributed by atoms with Gasteiger partial charge in [0.05, 0.1) is 6.54 Å². The van der Waals surface area contributed by atoms with Crippen LogP contribution < -0.4 is 20.5 Å². The van der Waals surface area contributed by atoms with Gasteiger partial charge in [-0.15, -0.1) is 0 Å². The smallest absolute Gasteiger partial charge is 0.293 e. The average Bonchev–Trinajstić information content (AvgIpc) is 2.59. The normalized spacial score (nSPS) is 14.7. The molecule has 0 unspecified atom stereocenters. The summed E-state index contributed by atoms with van der Waals surface area (Å²) in [5.41, 5.74) is -0.239. The van der Waals surface area contributed by atoms with Crippen molar-refractivity contribution in [3.05, 3.63) is 52.6 Å². The Labute approximate surface area is 137 Å². The number of nitrogens with zero attached hydrogens (tertiary/aromatic N) is 3. The van der Waals surface area contributed by atoms with E-state index in [0.717, 1.165) is 25.2 Å². The van der Waals surface area contributed by atoms with E-state index in [9.17, 15) is 13.6 Å². The van der Waals surface area contributed by atoms with Crippen LogP contribution in [0.3, 0.4) is 0 Å². The molecule has 2 heterocycles. The largest absolute Gasteiger partial charge is 0.486 e. The molecule has 1 aliphatic heterocycles. The number of anilines is 1. The van der Waals surface area contributed by atoms with Crippen molar-refractivity contribution in [2.24, 2.45) is 0 Å². The van der Waals surface area contributed by atoms with E-state index >= 15 is 0 Å². The highest BCUT2D eigenvalue weighted by molar-refractivity contribution is 5.36. The van der Waals surface area contributed by atoms with Crippen LogP contribution in [0, 0.1) is 11.6 Å². The first-order valence-electron chi connectivity index (χ1n) is 7.75. The molecule has 0 atom stereocenters. The number of hydrogen-bond donors (Lipinski definition) is 1. The Morgan fingerprint density at radius 3 is 2.62 bits per heavy atom. The Bertz CT molecular complexity index is 740. The second-order valence-corrected chi connectivity index (χ2v) is 5.39. The predicted octanol–water partition coefficient (Wildman–Crippen LogP) is 1.01. The summed E-state index contributed by atoms with van der Waals surface area (Å²) in [4.78, 5) is 18.6. The third kappa shape index (κ3) is 3.53. The van der Waals surface area contributed by atoms with E-state index in [1.807, 2.05) is 4.90 Å². The van der Waals surface area contributed by atoms with Gasteiger partial charge in [-0.1, -0.05) is 6.07 Å². The van der Waals surface area contributed by atoms with E-state index in [1.165, 1.54) is 16.8 Å². The molecule has 0 amide bonds. The molecule has 1 fully saturated rings. The molecule has 0 spiro atoms. The standard InChI is InChI=1S/C16H18F2N4O2/c17-12-2-1-3-13(18)14(12)24-11-10-22-9-6-20-15(16(22)23)21-7-4-19-5-8-21/h1-3,6,9,19H,4-5,7-8,10-11H2. The molecule has 2 aromatic rings. The number of hydrogen-bond acceptors (Lipinski definition) is 5. The molecule has 1 N–H and O–H groups in total. The minimum atomic E-state index is -0.765. The van der Waals surface area contributed by atoms with Crippen molar-refractivity contribution in [2.45, 2.75) is 6.54 Å². The lowest BCUT2D eigenvalue weighted by atomic mass is 10.3. The second kappa shape index (κ2) is 7.39. The highest BCUT2D eigenvalue weighted by atomic mass is 19.1. The number of aromatic nitrogens is 2. The number of halogens is 2. The molecule has 1 aliphatic rings. The highest BCUT2D eigenvalue weighted by Gasteiger charge is 2.16. The highest BCUT2D eigenvalue weighted by Crippen LogP contribution is 2.20. The molecule has 0 saturated carbocycles. The summed E-state index contributed by atoms with van der Waals surface area (Å²) < 4.78 is 33.6. The Balaban J connectivity index is 1.68. The van der Waals surface area contributed by atoms with Crippen molar-refractivity contribution in [3.8, 4) is 5.75 Å². The van der Waals surface area contributed by atoms with Crippen LogP contribution in [0.2, 0.25) is 0 Å². The van der Waals surface area contributed by atoms with Gasteiger partial charge >= 0.3 is 0 Å². The maximum absolute atomic E-state index is 13.5. The number of piperazine rings is 1. The molecule has 1 aromatic heterocycles. The van der Waals surface area contributed by atoms with Gasteiger partial charge in [-0.2, -0.15) is 0 Å². The Morgan fingerprint density at radius 1 is 1.21 bits per heavy atom. The van der Waals surface area contributed by atoms with E-state index in [-0.39, 0.29) is 18.7 Å². The van der Waals surface area contributed by atoms with Crippen LogP contribution in [0.4, 0.5) is 14.6 Å². The van der Waals surface area contributed by atoms with Crippen LogP contribution in [-0.2, 0) is 6.54 Å². The number of benzene rings is 1. The summed E-state index contributed by atoms with van der Waals surface area (Å²) in [6, 6.07) is 3.52. The quantitative estimate of drug-likeness (QED) is 0.883. The van der Waals surface area contributed by atoms with Gasteiger partial charge in [0.15, 0.2) is 23.2 Å². The molecule has 0 bridgehead atoms. The first-order valence-corrected chi connectivity index (χ1v) is 7.75. The summed E-state index contributed by atoms with van der Waals surface area (Å²) in [6.45, 7) is 3.17. The minimum absolute atomic E-state index is 0.0250. The SMILES string of the molecule is O=c1c(N2CCNCC2)nccn1CCOc1c(F)cccc1F. The summed E-state index contributed by atoms with van der Waals surface area (Å²) in [6.07, 6.45) is 3.08. The van der Waals surface area contributed by atoms with Crippen molar-refractivity contribution >= 4 is 5.82 Å². The van der Waals surface area contributed by atoms with Crippen molar-refractivity contribution in [1.82, 2.24) is 14.9 Å². The van der Waals surface area contributed by atoms with Gasteiger partial charge in [0.1, 0.15) is 6.61 Å². The molecule has 0 aliphatic carbocycles. The van der Waals surface area contributed by atoms with E-state index in [0.29, 0.717) is 18.9 Å². The molecule has 1 saturated heterocycles. The predicted molar refractivity (Wildman–Crippen MR) is 85.4 cm³/mol. The minimum Gasteiger partial charge on any atom is -0.486 e. The Kier molecular flexibility index (Phi) is 5.05. The fraction of sp³-hybridized carbons (Fsp3) is 0.375. The third-order valence-electron chi connectivity index (χ3n) is 3.81. The van der Waals surface area contributed by atoms with Crippen molar-refractivity contribution in [2.75, 3.05) is 37.7 Å². The van der Waals surface area contributed by atoms with Gasteiger partial charge in [-0.25, -0.2) is 13.8 Å². The molecule has 24 heavy (non-hydrogen) atoms. The lowest BCUT2D eigenvalue weighted by Gasteiger charge is -2.27. The van der Waals surface area contributed by atoms with Crippen LogP contribution >= 0.6 is 0 Å². The van der Waals surface area contributed by atoms with E-state index in [2.05, 4.69) is 10.3 Å². The van der Waals surface area contributed by atoms with Gasteiger partial charge in [0.25, 0.3) is 5.56 Å². The van der Waals surface area contributed by atoms with Crippen LogP contribution in [0.15, 0.2) is 35.4 Å². The van der Waals surface area contributed by atoms with Crippen LogP contribution in [0.1, 0.15) is 0 Å². The summed E-state index contributed by atoms with van der Waals surface area (Å²) >= 11 is 0. The van der Waals surface area contributed by atoms with Crippen molar-refractivity contribution in [3.63, 3.8) is 0 Å². The maximum atomic E-state index is 13.5. The molecule has 1 aromatic carbocycles. The molecule has 8 heteroatoms. The topological polar surface area (TPSA) is 59.4 Å². The number of nitrogens with one attached hydrogen (secondary N) is 1. The fourth-order valence-corrected chi connectivity index (χ4v) is 2.57. The molecule has 128 valence electrons. The summed E-state index contributed by atoms with van der Waals surface area (Å²) in [5.74, 6) is -1.57. The Hall–Kier alpha value is -2.48. The lowest BCUT2D eigenvalue weighted by Crippen LogP contribution is -2.46. The monoisotopic (exact) mass is 336 g/mol. The van der Waals surface area contributed by atoms with Crippen LogP contribution in [-0.4, -0.2) is 42.3 Å². The van der Waals surface area contributed by atoms with Crippen molar-refractivity contribution < 1.29 is 13.5 Å². The van der Waals surface area contributed by atoms with Gasteiger partial charge in [0.2, 0.25) is 0 Å². The van der Waals surface area contributed by atoms with Gasteiger partial charge in [-0.05, 0) is 12.1 Å². The average molecular weight is 336 g/mol. The van der Waals surface area contributed by atoms with Gasteiger partial charge in [0, 0.05) is 38.6 Å². The molecule has 6 nitrogen and oxygen atoms in total. The number of ether oxygens (including phenoxy) is 1. The zero-order chi connectivity index (χ0) is 16.9. The van der Waals surface area contributed by atoms with E-state index in [1.54, 1.807) is 6.20 Å². The first-order chi connectivity index (χ1) is 11.7. The summed E-state index contributed by atoms with van der Waals surface area (Å²) in [5, 5.41) is 3.21.